The molecular formula is C11H5F3N5S+. The van der Waals surface area contributed by atoms with Crippen molar-refractivity contribution in [2.24, 2.45) is 0 Å². The Morgan fingerprint density at radius 1 is 1.35 bits per heavy atom. The normalized spacial score (nSPS) is 11.7. The number of thiophene rings is 1. The molecule has 0 saturated carbocycles. The maximum absolute atomic E-state index is 13.1. The number of halogens is 3. The molecule has 0 aromatic carbocycles. The maximum atomic E-state index is 13.1. The number of aromatic nitrogens is 3. The summed E-state index contributed by atoms with van der Waals surface area (Å²) in [6, 6.07) is 4.33. The van der Waals surface area contributed by atoms with Gasteiger partial charge >= 0.3 is 12.0 Å². The SMILES string of the molecule is N#[N+]c1n[nH]c2nc(-c3cccs3)cc(C(F)(F)F)c12. The van der Waals surface area contributed by atoms with Gasteiger partial charge in [-0.3, -0.25) is 0 Å². The van der Waals surface area contributed by atoms with Crippen LogP contribution in [0.3, 0.4) is 0 Å². The van der Waals surface area contributed by atoms with Crippen molar-refractivity contribution in [3.63, 3.8) is 0 Å². The Bertz CT molecular complexity index is 813. The highest BCUT2D eigenvalue weighted by Crippen LogP contribution is 2.40. The van der Waals surface area contributed by atoms with Crippen LogP contribution in [0.4, 0.5) is 19.0 Å². The fourth-order valence-corrected chi connectivity index (χ4v) is 2.55. The molecule has 0 aliphatic rings. The average molecular weight is 296 g/mol. The zero-order valence-electron chi connectivity index (χ0n) is 9.64. The zero-order valence-corrected chi connectivity index (χ0v) is 10.5. The van der Waals surface area contributed by atoms with Gasteiger partial charge in [-0.15, -0.1) is 11.3 Å². The molecule has 9 heteroatoms. The second kappa shape index (κ2) is 4.28. The summed E-state index contributed by atoms with van der Waals surface area (Å²) < 4.78 is 39.4. The number of diazo groups is 1. The fourth-order valence-electron chi connectivity index (χ4n) is 1.86. The molecule has 3 heterocycles. The van der Waals surface area contributed by atoms with Gasteiger partial charge in [0.25, 0.3) is 0 Å². The predicted octanol–water partition coefficient (Wildman–Crippen LogP) is 4.19. The molecule has 1 N–H and O–H groups in total. The van der Waals surface area contributed by atoms with Gasteiger partial charge in [0, 0.05) is 4.98 Å². The largest absolute Gasteiger partial charge is 0.497 e. The van der Waals surface area contributed by atoms with E-state index in [1.807, 2.05) is 0 Å². The second-order valence-corrected chi connectivity index (χ2v) is 4.85. The van der Waals surface area contributed by atoms with E-state index in [9.17, 15) is 13.2 Å². The van der Waals surface area contributed by atoms with Gasteiger partial charge < -0.3 is 0 Å². The van der Waals surface area contributed by atoms with Gasteiger partial charge in [-0.25, -0.2) is 4.98 Å². The van der Waals surface area contributed by atoms with Crippen molar-refractivity contribution in [2.75, 3.05) is 0 Å². The number of nitrogens with zero attached hydrogens (tertiary/aromatic N) is 4. The van der Waals surface area contributed by atoms with Gasteiger partial charge in [-0.1, -0.05) is 6.07 Å². The highest BCUT2D eigenvalue weighted by Gasteiger charge is 2.38. The third-order valence-corrected chi connectivity index (χ3v) is 3.58. The Labute approximate surface area is 113 Å². The lowest BCUT2D eigenvalue weighted by molar-refractivity contribution is -0.136. The van der Waals surface area contributed by atoms with E-state index in [0.717, 1.165) is 6.07 Å². The van der Waals surface area contributed by atoms with Crippen LogP contribution in [0, 0.1) is 5.39 Å². The standard InChI is InChI=1S/C11H5F3N5S/c12-11(13,14)5-4-6(7-2-1-3-20-7)16-9-8(5)10(17-15)19-18-9/h1-4H,(H,16,18,19)/q+1. The molecule has 0 aliphatic heterocycles. The number of rotatable bonds is 1. The Morgan fingerprint density at radius 2 is 2.15 bits per heavy atom. The monoisotopic (exact) mass is 296 g/mol. The van der Waals surface area contributed by atoms with Crippen molar-refractivity contribution in [1.82, 2.24) is 15.2 Å². The Morgan fingerprint density at radius 3 is 2.75 bits per heavy atom. The lowest BCUT2D eigenvalue weighted by Gasteiger charge is -2.07. The van der Waals surface area contributed by atoms with Crippen LogP contribution in [0.15, 0.2) is 23.6 Å². The number of hydrogen-bond acceptors (Lipinski definition) is 4. The van der Waals surface area contributed by atoms with Crippen LogP contribution in [0.1, 0.15) is 5.56 Å². The smallest absolute Gasteiger partial charge is 0.226 e. The van der Waals surface area contributed by atoms with E-state index in [1.54, 1.807) is 17.5 Å². The molecule has 3 aromatic heterocycles. The van der Waals surface area contributed by atoms with E-state index in [0.29, 0.717) is 4.88 Å². The number of fused-ring (bicyclic) bond motifs is 1. The number of aromatic amines is 1. The molecule has 3 rings (SSSR count). The second-order valence-electron chi connectivity index (χ2n) is 3.90. The highest BCUT2D eigenvalue weighted by atomic mass is 32.1. The maximum Gasteiger partial charge on any atom is 0.497 e. The van der Waals surface area contributed by atoms with Crippen LogP contribution in [0.2, 0.25) is 0 Å². The third-order valence-electron chi connectivity index (χ3n) is 2.68. The van der Waals surface area contributed by atoms with E-state index >= 15 is 0 Å². The summed E-state index contributed by atoms with van der Waals surface area (Å²) in [5.41, 5.74) is -0.823. The number of pyridine rings is 1. The van der Waals surface area contributed by atoms with E-state index in [1.165, 1.54) is 11.3 Å². The number of hydrogen-bond donors (Lipinski definition) is 1. The van der Waals surface area contributed by atoms with Crippen LogP contribution in [0.5, 0.6) is 0 Å². The van der Waals surface area contributed by atoms with Crippen LogP contribution < -0.4 is 0 Å². The molecule has 0 amide bonds. The molecule has 0 fully saturated rings. The number of alkyl halides is 3. The lowest BCUT2D eigenvalue weighted by atomic mass is 10.1. The molecule has 0 bridgehead atoms. The zero-order chi connectivity index (χ0) is 14.3. The Kier molecular flexibility index (Phi) is 2.69. The van der Waals surface area contributed by atoms with Gasteiger partial charge in [0.05, 0.1) is 26.6 Å². The Balaban J connectivity index is 2.37. The first-order valence-corrected chi connectivity index (χ1v) is 6.24. The first-order valence-electron chi connectivity index (χ1n) is 5.36. The van der Waals surface area contributed by atoms with Crippen molar-refractivity contribution < 1.29 is 13.2 Å². The van der Waals surface area contributed by atoms with Gasteiger partial charge in [0.1, 0.15) is 0 Å². The van der Waals surface area contributed by atoms with Gasteiger partial charge in [-0.2, -0.15) is 18.3 Å². The van der Waals surface area contributed by atoms with Crippen molar-refractivity contribution in [3.05, 3.63) is 34.1 Å². The molecule has 20 heavy (non-hydrogen) atoms. The summed E-state index contributed by atoms with van der Waals surface area (Å²) in [5, 5.41) is 16.0. The number of H-pyrrole nitrogens is 1. The van der Waals surface area contributed by atoms with E-state index < -0.39 is 17.6 Å². The molecule has 0 saturated heterocycles. The van der Waals surface area contributed by atoms with Crippen LogP contribution in [-0.4, -0.2) is 15.2 Å². The minimum atomic E-state index is -4.60. The van der Waals surface area contributed by atoms with Crippen molar-refractivity contribution >= 4 is 28.2 Å². The minimum Gasteiger partial charge on any atom is -0.226 e. The molecule has 3 aromatic rings. The summed E-state index contributed by atoms with van der Waals surface area (Å²) in [7, 11) is 0. The fraction of sp³-hybridized carbons (Fsp3) is 0.0909. The lowest BCUT2D eigenvalue weighted by Crippen LogP contribution is -2.06. The van der Waals surface area contributed by atoms with E-state index in [-0.39, 0.29) is 16.7 Å². The molecular weight excluding hydrogens is 291 g/mol. The first-order chi connectivity index (χ1) is 9.50. The van der Waals surface area contributed by atoms with E-state index in [4.69, 9.17) is 5.39 Å². The summed E-state index contributed by atoms with van der Waals surface area (Å²) in [5.74, 6) is -0.433. The van der Waals surface area contributed by atoms with E-state index in [2.05, 4.69) is 20.2 Å². The molecule has 5 nitrogen and oxygen atoms in total. The van der Waals surface area contributed by atoms with Crippen molar-refractivity contribution in [2.45, 2.75) is 6.18 Å². The number of nitrogens with one attached hydrogen (secondary N) is 1. The first kappa shape index (κ1) is 12.6. The molecule has 0 radical (unpaired) electrons. The van der Waals surface area contributed by atoms with Gasteiger partial charge in [0.15, 0.2) is 11.0 Å². The van der Waals surface area contributed by atoms with Crippen LogP contribution in [-0.2, 0) is 6.18 Å². The molecule has 0 unspecified atom stereocenters. The molecule has 0 atom stereocenters. The van der Waals surface area contributed by atoms with Crippen LogP contribution >= 0.6 is 11.3 Å². The van der Waals surface area contributed by atoms with Gasteiger partial charge in [-0.05, 0) is 17.5 Å². The third kappa shape index (κ3) is 1.90. The van der Waals surface area contributed by atoms with Crippen LogP contribution in [0.25, 0.3) is 26.6 Å². The summed E-state index contributed by atoms with van der Waals surface area (Å²) in [4.78, 5) is 7.43. The molecule has 0 spiro atoms. The predicted molar refractivity (Wildman–Crippen MR) is 66.9 cm³/mol. The van der Waals surface area contributed by atoms with Crippen molar-refractivity contribution in [1.29, 1.82) is 5.39 Å². The minimum absolute atomic E-state index is 0.0731. The summed E-state index contributed by atoms with van der Waals surface area (Å²) in [6.45, 7) is 0. The Hall–Kier alpha value is -2.47. The van der Waals surface area contributed by atoms with Crippen molar-refractivity contribution in [3.8, 4) is 10.6 Å². The topological polar surface area (TPSA) is 69.7 Å². The summed E-state index contributed by atoms with van der Waals surface area (Å²) >= 11 is 1.28. The quantitative estimate of drug-likeness (QED) is 0.684. The average Bonchev–Trinajstić information content (AvgIpc) is 3.05. The molecule has 100 valence electrons. The summed E-state index contributed by atoms with van der Waals surface area (Å²) in [6.07, 6.45) is -4.60. The highest BCUT2D eigenvalue weighted by molar-refractivity contribution is 7.13. The van der Waals surface area contributed by atoms with Gasteiger partial charge in [0.2, 0.25) is 0 Å². The molecule has 0 aliphatic carbocycles.